The van der Waals surface area contributed by atoms with Crippen LogP contribution >= 0.6 is 22.9 Å². The molecule has 1 aromatic heterocycles. The maximum absolute atomic E-state index is 14.3. The van der Waals surface area contributed by atoms with E-state index in [2.05, 4.69) is 5.32 Å². The monoisotopic (exact) mass is 430 g/mol. The van der Waals surface area contributed by atoms with Crippen molar-refractivity contribution in [2.45, 2.75) is 6.92 Å². The van der Waals surface area contributed by atoms with E-state index in [0.717, 1.165) is 23.8 Å². The number of imide groups is 1. The number of aryl methyl sites for hydroxylation is 1. The second kappa shape index (κ2) is 7.42. The number of carbonyl (C=O) groups is 2. The summed E-state index contributed by atoms with van der Waals surface area (Å²) in [5.41, 5.74) is 0.987. The third-order valence-corrected chi connectivity index (χ3v) is 5.57. The van der Waals surface area contributed by atoms with Crippen molar-refractivity contribution in [3.63, 3.8) is 0 Å². The van der Waals surface area contributed by atoms with Gasteiger partial charge in [-0.2, -0.15) is 0 Å². The van der Waals surface area contributed by atoms with Crippen LogP contribution in [0.25, 0.3) is 5.57 Å². The van der Waals surface area contributed by atoms with Crippen molar-refractivity contribution in [1.29, 1.82) is 0 Å². The van der Waals surface area contributed by atoms with E-state index in [1.54, 1.807) is 42.6 Å². The predicted octanol–water partition coefficient (Wildman–Crippen LogP) is 5.38. The van der Waals surface area contributed by atoms with E-state index in [0.29, 0.717) is 20.5 Å². The predicted molar refractivity (Wildman–Crippen MR) is 110 cm³/mol. The molecule has 4 nitrogen and oxygen atoms in total. The molecular weight excluding hydrogens is 418 g/mol. The number of rotatable bonds is 4. The summed E-state index contributed by atoms with van der Waals surface area (Å²) in [6.45, 7) is 1.80. The first-order valence-corrected chi connectivity index (χ1v) is 9.77. The highest BCUT2D eigenvalue weighted by molar-refractivity contribution is 7.11. The molecule has 0 saturated heterocycles. The first-order valence-electron chi connectivity index (χ1n) is 8.52. The molecule has 0 saturated carbocycles. The number of carbonyl (C=O) groups excluding carboxylic acids is 2. The zero-order chi connectivity index (χ0) is 20.7. The smallest absolute Gasteiger partial charge is 0.282 e. The van der Waals surface area contributed by atoms with Crippen molar-refractivity contribution >= 4 is 51.7 Å². The lowest BCUT2D eigenvalue weighted by atomic mass is 10.1. The van der Waals surface area contributed by atoms with E-state index in [1.165, 1.54) is 11.3 Å². The minimum Gasteiger partial charge on any atom is -0.350 e. The Labute approximate surface area is 174 Å². The molecule has 29 heavy (non-hydrogen) atoms. The quantitative estimate of drug-likeness (QED) is 0.565. The molecule has 0 aliphatic carbocycles. The topological polar surface area (TPSA) is 49.4 Å². The summed E-state index contributed by atoms with van der Waals surface area (Å²) >= 11 is 7.25. The summed E-state index contributed by atoms with van der Waals surface area (Å²) in [5.74, 6) is -3.12. The molecule has 2 heterocycles. The van der Waals surface area contributed by atoms with E-state index in [4.69, 9.17) is 11.6 Å². The Hall–Kier alpha value is -3.03. The fourth-order valence-corrected chi connectivity index (χ4v) is 4.07. The molecule has 1 N–H and O–H groups in total. The number of benzene rings is 2. The third kappa shape index (κ3) is 3.43. The van der Waals surface area contributed by atoms with E-state index < -0.39 is 29.1 Å². The summed E-state index contributed by atoms with van der Waals surface area (Å²) in [5, 5.41) is 5.27. The Morgan fingerprint density at radius 3 is 2.52 bits per heavy atom. The van der Waals surface area contributed by atoms with Gasteiger partial charge in [-0.3, -0.25) is 9.59 Å². The van der Waals surface area contributed by atoms with Crippen molar-refractivity contribution < 1.29 is 18.4 Å². The van der Waals surface area contributed by atoms with Crippen LogP contribution in [0.15, 0.2) is 59.6 Å². The van der Waals surface area contributed by atoms with Crippen LogP contribution in [0.1, 0.15) is 10.4 Å². The van der Waals surface area contributed by atoms with Gasteiger partial charge in [0.05, 0.1) is 11.3 Å². The molecule has 2 aromatic carbocycles. The van der Waals surface area contributed by atoms with E-state index in [9.17, 15) is 18.4 Å². The molecule has 1 aliphatic heterocycles. The van der Waals surface area contributed by atoms with Gasteiger partial charge in [-0.15, -0.1) is 11.3 Å². The number of amides is 2. The number of anilines is 2. The van der Waals surface area contributed by atoms with Crippen LogP contribution in [0.5, 0.6) is 0 Å². The zero-order valence-corrected chi connectivity index (χ0v) is 16.6. The van der Waals surface area contributed by atoms with Gasteiger partial charge in [0.1, 0.15) is 17.3 Å². The van der Waals surface area contributed by atoms with Crippen LogP contribution in [0.4, 0.5) is 20.2 Å². The normalized spacial score (nSPS) is 14.1. The molecule has 3 aromatic rings. The highest BCUT2D eigenvalue weighted by Gasteiger charge is 2.42. The van der Waals surface area contributed by atoms with Crippen molar-refractivity contribution in [3.8, 4) is 0 Å². The molecule has 2 amide bonds. The lowest BCUT2D eigenvalue weighted by Gasteiger charge is -2.16. The van der Waals surface area contributed by atoms with Gasteiger partial charge < -0.3 is 5.32 Å². The molecule has 0 radical (unpaired) electrons. The Morgan fingerprint density at radius 1 is 1.03 bits per heavy atom. The molecule has 0 fully saturated rings. The summed E-state index contributed by atoms with van der Waals surface area (Å²) in [6.07, 6.45) is 0. The standard InChI is InChI=1S/C21H13ClF2N2O2S/c1-11-9-12(22)4-7-15(11)25-19-18(17-3-2-8-29-17)20(27)26(21(19)28)16-10-13(23)5-6-14(16)24/h2-10,25H,1H3. The lowest BCUT2D eigenvalue weighted by molar-refractivity contribution is -0.120. The summed E-state index contributed by atoms with van der Waals surface area (Å²) in [7, 11) is 0. The largest absolute Gasteiger partial charge is 0.350 e. The van der Waals surface area contributed by atoms with Gasteiger partial charge in [0, 0.05) is 21.7 Å². The molecule has 0 bridgehead atoms. The van der Waals surface area contributed by atoms with Crippen molar-refractivity contribution in [2.75, 3.05) is 10.2 Å². The molecule has 8 heteroatoms. The van der Waals surface area contributed by atoms with Gasteiger partial charge in [0.2, 0.25) is 0 Å². The Balaban J connectivity index is 1.84. The van der Waals surface area contributed by atoms with Crippen LogP contribution in [-0.2, 0) is 9.59 Å². The molecular formula is C21H13ClF2N2O2S. The van der Waals surface area contributed by atoms with Gasteiger partial charge in [-0.05, 0) is 54.3 Å². The number of thiophene rings is 1. The van der Waals surface area contributed by atoms with E-state index >= 15 is 0 Å². The average Bonchev–Trinajstić information content (AvgIpc) is 3.27. The number of nitrogens with one attached hydrogen (secondary N) is 1. The molecule has 146 valence electrons. The highest BCUT2D eigenvalue weighted by atomic mass is 35.5. The second-order valence-corrected chi connectivity index (χ2v) is 7.74. The van der Waals surface area contributed by atoms with Crippen LogP contribution in [-0.4, -0.2) is 11.8 Å². The lowest BCUT2D eigenvalue weighted by Crippen LogP contribution is -2.33. The van der Waals surface area contributed by atoms with Gasteiger partial charge in [-0.1, -0.05) is 17.7 Å². The first kappa shape index (κ1) is 19.3. The number of hydrogen-bond donors (Lipinski definition) is 1. The Morgan fingerprint density at radius 2 is 1.83 bits per heavy atom. The first-order chi connectivity index (χ1) is 13.9. The third-order valence-electron chi connectivity index (χ3n) is 4.45. The van der Waals surface area contributed by atoms with Gasteiger partial charge >= 0.3 is 0 Å². The summed E-state index contributed by atoms with van der Waals surface area (Å²) in [6, 6.07) is 11.1. The molecule has 0 unspecified atom stereocenters. The van der Waals surface area contributed by atoms with E-state index in [1.807, 2.05) is 0 Å². The highest BCUT2D eigenvalue weighted by Crippen LogP contribution is 2.37. The molecule has 0 spiro atoms. The van der Waals surface area contributed by atoms with Crippen LogP contribution in [0.3, 0.4) is 0 Å². The molecule has 4 rings (SSSR count). The minimum atomic E-state index is -0.873. The zero-order valence-electron chi connectivity index (χ0n) is 15.0. The SMILES string of the molecule is Cc1cc(Cl)ccc1NC1=C(c2cccs2)C(=O)N(c2cc(F)ccc2F)C1=O. The van der Waals surface area contributed by atoms with Crippen LogP contribution < -0.4 is 10.2 Å². The van der Waals surface area contributed by atoms with E-state index in [-0.39, 0.29) is 11.3 Å². The van der Waals surface area contributed by atoms with Crippen LogP contribution in [0.2, 0.25) is 5.02 Å². The maximum Gasteiger partial charge on any atom is 0.282 e. The Kier molecular flexibility index (Phi) is 4.94. The number of nitrogens with zero attached hydrogens (tertiary/aromatic N) is 1. The van der Waals surface area contributed by atoms with Crippen LogP contribution in [0, 0.1) is 18.6 Å². The summed E-state index contributed by atoms with van der Waals surface area (Å²) in [4.78, 5) is 27.5. The maximum atomic E-state index is 14.3. The second-order valence-electron chi connectivity index (χ2n) is 6.35. The molecule has 0 atom stereocenters. The summed E-state index contributed by atoms with van der Waals surface area (Å²) < 4.78 is 28.0. The number of halogens is 3. The van der Waals surface area contributed by atoms with Crippen molar-refractivity contribution in [3.05, 3.63) is 86.7 Å². The van der Waals surface area contributed by atoms with Gasteiger partial charge in [0.15, 0.2) is 0 Å². The fraction of sp³-hybridized carbons (Fsp3) is 0.0476. The van der Waals surface area contributed by atoms with Crippen molar-refractivity contribution in [1.82, 2.24) is 0 Å². The minimum absolute atomic E-state index is 0.00784. The fourth-order valence-electron chi connectivity index (χ4n) is 3.07. The van der Waals surface area contributed by atoms with Crippen molar-refractivity contribution in [2.24, 2.45) is 0 Å². The Bertz CT molecular complexity index is 1180. The number of hydrogen-bond acceptors (Lipinski definition) is 4. The van der Waals surface area contributed by atoms with Gasteiger partial charge in [-0.25, -0.2) is 13.7 Å². The van der Waals surface area contributed by atoms with Gasteiger partial charge in [0.25, 0.3) is 11.8 Å². The average molecular weight is 431 g/mol. The molecule has 1 aliphatic rings.